The molecule has 1 aliphatic carbocycles. The Kier molecular flexibility index (Phi) is 4.23. The number of carboxylic acid groups (broad SMARTS) is 1. The average Bonchev–Trinajstić information content (AvgIpc) is 2.89. The van der Waals surface area contributed by atoms with Crippen LogP contribution in [-0.4, -0.2) is 23.1 Å². The largest absolute Gasteiger partial charge is 0.481 e. The van der Waals surface area contributed by atoms with Crippen molar-refractivity contribution in [1.82, 2.24) is 5.32 Å². The van der Waals surface area contributed by atoms with Crippen LogP contribution >= 0.6 is 0 Å². The lowest BCUT2D eigenvalue weighted by Gasteiger charge is -2.26. The van der Waals surface area contributed by atoms with Crippen LogP contribution in [0.15, 0.2) is 28.9 Å². The number of amides is 2. The summed E-state index contributed by atoms with van der Waals surface area (Å²) in [6, 6.07) is 5.28. The molecule has 0 spiro atoms. The second-order valence-corrected chi connectivity index (χ2v) is 6.11. The van der Waals surface area contributed by atoms with Crippen molar-refractivity contribution >= 4 is 28.7 Å². The highest BCUT2D eigenvalue weighted by Crippen LogP contribution is 2.25. The summed E-state index contributed by atoms with van der Waals surface area (Å²) in [5.41, 5.74) is 2.52. The zero-order valence-corrected chi connectivity index (χ0v) is 13.0. The number of carbonyl (C=O) groups is 2. The van der Waals surface area contributed by atoms with Gasteiger partial charge in [0.25, 0.3) is 0 Å². The highest BCUT2D eigenvalue weighted by Gasteiger charge is 2.26. The first-order chi connectivity index (χ1) is 11.0. The molecule has 1 saturated carbocycles. The van der Waals surface area contributed by atoms with Gasteiger partial charge < -0.3 is 20.2 Å². The Bertz CT molecular complexity index is 729. The van der Waals surface area contributed by atoms with Crippen LogP contribution in [0.1, 0.15) is 31.2 Å². The van der Waals surface area contributed by atoms with Gasteiger partial charge in [0.15, 0.2) is 0 Å². The maximum Gasteiger partial charge on any atom is 0.319 e. The first-order valence-corrected chi connectivity index (χ1v) is 7.81. The SMILES string of the molecule is Cc1coc2ccc(NC(=O)NC3CCC(C(=O)O)CC3)cc12. The summed E-state index contributed by atoms with van der Waals surface area (Å²) in [4.78, 5) is 23.0. The quantitative estimate of drug-likeness (QED) is 0.808. The first-order valence-electron chi connectivity index (χ1n) is 7.81. The highest BCUT2D eigenvalue weighted by atomic mass is 16.4. The Morgan fingerprint density at radius 2 is 1.96 bits per heavy atom. The summed E-state index contributed by atoms with van der Waals surface area (Å²) in [5, 5.41) is 15.7. The minimum atomic E-state index is -0.739. The van der Waals surface area contributed by atoms with Gasteiger partial charge in [-0.2, -0.15) is 0 Å². The third-order valence-corrected chi connectivity index (χ3v) is 4.44. The number of hydrogen-bond acceptors (Lipinski definition) is 3. The van der Waals surface area contributed by atoms with Gasteiger partial charge in [0.1, 0.15) is 5.58 Å². The molecular formula is C17H20N2O4. The van der Waals surface area contributed by atoms with E-state index in [1.54, 1.807) is 12.3 Å². The fraction of sp³-hybridized carbons (Fsp3) is 0.412. The van der Waals surface area contributed by atoms with Gasteiger partial charge in [-0.05, 0) is 56.4 Å². The van der Waals surface area contributed by atoms with E-state index in [9.17, 15) is 9.59 Å². The smallest absolute Gasteiger partial charge is 0.319 e. The predicted octanol–water partition coefficient (Wildman–Crippen LogP) is 3.51. The molecular weight excluding hydrogens is 296 g/mol. The first kappa shape index (κ1) is 15.4. The van der Waals surface area contributed by atoms with Gasteiger partial charge in [-0.1, -0.05) is 0 Å². The molecule has 23 heavy (non-hydrogen) atoms. The van der Waals surface area contributed by atoms with E-state index in [0.29, 0.717) is 31.4 Å². The molecule has 1 heterocycles. The number of hydrogen-bond donors (Lipinski definition) is 3. The maximum atomic E-state index is 12.1. The molecule has 2 amide bonds. The minimum Gasteiger partial charge on any atom is -0.481 e. The van der Waals surface area contributed by atoms with Gasteiger partial charge in [-0.15, -0.1) is 0 Å². The fourth-order valence-corrected chi connectivity index (χ4v) is 3.07. The van der Waals surface area contributed by atoms with Crippen LogP contribution in [-0.2, 0) is 4.79 Å². The molecule has 0 saturated heterocycles. The summed E-state index contributed by atoms with van der Waals surface area (Å²) in [5.74, 6) is -1.01. The Hall–Kier alpha value is -2.50. The lowest BCUT2D eigenvalue weighted by Crippen LogP contribution is -2.40. The second kappa shape index (κ2) is 6.32. The Balaban J connectivity index is 1.56. The molecule has 1 fully saturated rings. The standard InChI is InChI=1S/C17H20N2O4/c1-10-9-23-15-7-6-13(8-14(10)15)19-17(22)18-12-4-2-11(3-5-12)16(20)21/h6-9,11-12H,2-5H2,1H3,(H,20,21)(H2,18,19,22). The summed E-state index contributed by atoms with van der Waals surface area (Å²) in [6.45, 7) is 1.95. The summed E-state index contributed by atoms with van der Waals surface area (Å²) < 4.78 is 5.38. The molecule has 3 N–H and O–H groups in total. The average molecular weight is 316 g/mol. The number of anilines is 1. The van der Waals surface area contributed by atoms with Gasteiger partial charge in [-0.25, -0.2) is 4.79 Å². The Morgan fingerprint density at radius 1 is 1.22 bits per heavy atom. The predicted molar refractivity (Wildman–Crippen MR) is 86.5 cm³/mol. The fourth-order valence-electron chi connectivity index (χ4n) is 3.07. The summed E-state index contributed by atoms with van der Waals surface area (Å²) in [6.07, 6.45) is 4.31. The summed E-state index contributed by atoms with van der Waals surface area (Å²) >= 11 is 0. The van der Waals surface area contributed by atoms with E-state index in [1.807, 2.05) is 19.1 Å². The Morgan fingerprint density at radius 3 is 2.65 bits per heavy atom. The molecule has 0 unspecified atom stereocenters. The van der Waals surface area contributed by atoms with Gasteiger partial charge >= 0.3 is 12.0 Å². The molecule has 0 bridgehead atoms. The van der Waals surface area contributed by atoms with Crippen LogP contribution in [0.3, 0.4) is 0 Å². The van der Waals surface area contributed by atoms with Crippen molar-refractivity contribution in [3.8, 4) is 0 Å². The number of rotatable bonds is 3. The number of carboxylic acids is 1. The van der Waals surface area contributed by atoms with E-state index in [4.69, 9.17) is 9.52 Å². The van der Waals surface area contributed by atoms with Gasteiger partial charge in [-0.3, -0.25) is 4.79 Å². The lowest BCUT2D eigenvalue weighted by molar-refractivity contribution is -0.142. The number of aliphatic carboxylic acids is 1. The van der Waals surface area contributed by atoms with E-state index in [-0.39, 0.29) is 18.0 Å². The van der Waals surface area contributed by atoms with Gasteiger partial charge in [0.05, 0.1) is 12.2 Å². The third-order valence-electron chi connectivity index (χ3n) is 4.44. The van der Waals surface area contributed by atoms with Crippen LogP contribution in [0.2, 0.25) is 0 Å². The van der Waals surface area contributed by atoms with Crippen LogP contribution < -0.4 is 10.6 Å². The van der Waals surface area contributed by atoms with Crippen molar-refractivity contribution in [2.24, 2.45) is 5.92 Å². The number of benzene rings is 1. The van der Waals surface area contributed by atoms with E-state index in [0.717, 1.165) is 16.5 Å². The van der Waals surface area contributed by atoms with Crippen molar-refractivity contribution in [1.29, 1.82) is 0 Å². The van der Waals surface area contributed by atoms with Crippen molar-refractivity contribution < 1.29 is 19.1 Å². The number of nitrogens with one attached hydrogen (secondary N) is 2. The highest BCUT2D eigenvalue weighted by molar-refractivity contribution is 5.93. The van der Waals surface area contributed by atoms with E-state index in [2.05, 4.69) is 10.6 Å². The zero-order valence-electron chi connectivity index (χ0n) is 13.0. The summed E-state index contributed by atoms with van der Waals surface area (Å²) in [7, 11) is 0. The molecule has 1 aliphatic rings. The van der Waals surface area contributed by atoms with Gasteiger partial charge in [0, 0.05) is 17.1 Å². The molecule has 0 radical (unpaired) electrons. The minimum absolute atomic E-state index is 0.0324. The topological polar surface area (TPSA) is 91.6 Å². The Labute approximate surface area is 133 Å². The van der Waals surface area contributed by atoms with Gasteiger partial charge in [0.2, 0.25) is 0 Å². The van der Waals surface area contributed by atoms with E-state index in [1.165, 1.54) is 0 Å². The molecule has 2 aromatic rings. The van der Waals surface area contributed by atoms with Crippen LogP contribution in [0.5, 0.6) is 0 Å². The number of urea groups is 1. The molecule has 6 heteroatoms. The molecule has 0 atom stereocenters. The zero-order chi connectivity index (χ0) is 16.4. The van der Waals surface area contributed by atoms with E-state index >= 15 is 0 Å². The molecule has 1 aromatic carbocycles. The number of furan rings is 1. The maximum absolute atomic E-state index is 12.1. The molecule has 0 aliphatic heterocycles. The monoisotopic (exact) mass is 316 g/mol. The molecule has 122 valence electrons. The second-order valence-electron chi connectivity index (χ2n) is 6.11. The number of carbonyl (C=O) groups excluding carboxylic acids is 1. The lowest BCUT2D eigenvalue weighted by atomic mass is 9.86. The molecule has 6 nitrogen and oxygen atoms in total. The van der Waals surface area contributed by atoms with Crippen molar-refractivity contribution in [2.75, 3.05) is 5.32 Å². The van der Waals surface area contributed by atoms with E-state index < -0.39 is 5.97 Å². The van der Waals surface area contributed by atoms with Crippen molar-refractivity contribution in [2.45, 2.75) is 38.6 Å². The molecule has 1 aromatic heterocycles. The van der Waals surface area contributed by atoms with Crippen molar-refractivity contribution in [3.63, 3.8) is 0 Å². The van der Waals surface area contributed by atoms with Crippen molar-refractivity contribution in [3.05, 3.63) is 30.0 Å². The number of aryl methyl sites for hydroxylation is 1. The third kappa shape index (κ3) is 3.47. The number of fused-ring (bicyclic) bond motifs is 1. The molecule has 3 rings (SSSR count). The normalized spacial score (nSPS) is 21.1. The van der Waals surface area contributed by atoms with Crippen LogP contribution in [0, 0.1) is 12.8 Å². The van der Waals surface area contributed by atoms with Crippen LogP contribution in [0.4, 0.5) is 10.5 Å². The van der Waals surface area contributed by atoms with Crippen LogP contribution in [0.25, 0.3) is 11.0 Å².